The zero-order chi connectivity index (χ0) is 18.6. The molecule has 1 heterocycles. The Morgan fingerprint density at radius 1 is 0.778 bits per heavy atom. The standard InChI is InChI=1S/C24H24N2O/c25-26-23-17-9-8-15-21(23)19-13-6-7-14-20(19)22(24(26)27)16-5-4-12-18-10-2-1-3-11-18/h1-3,6-11,13-15,17,22H,4-5,12,16,25H2. The van der Waals surface area contributed by atoms with E-state index >= 15 is 0 Å². The van der Waals surface area contributed by atoms with Crippen LogP contribution < -0.4 is 10.9 Å². The van der Waals surface area contributed by atoms with E-state index in [2.05, 4.69) is 36.4 Å². The van der Waals surface area contributed by atoms with Gasteiger partial charge < -0.3 is 0 Å². The van der Waals surface area contributed by atoms with Gasteiger partial charge in [0.2, 0.25) is 5.91 Å². The Morgan fingerprint density at radius 3 is 2.26 bits per heavy atom. The zero-order valence-electron chi connectivity index (χ0n) is 15.3. The molecule has 0 bridgehead atoms. The molecule has 0 fully saturated rings. The lowest BCUT2D eigenvalue weighted by Gasteiger charge is -2.21. The van der Waals surface area contributed by atoms with E-state index in [-0.39, 0.29) is 11.8 Å². The normalized spacial score (nSPS) is 15.8. The summed E-state index contributed by atoms with van der Waals surface area (Å²) in [6.07, 6.45) is 3.90. The molecule has 3 nitrogen and oxygen atoms in total. The zero-order valence-corrected chi connectivity index (χ0v) is 15.3. The van der Waals surface area contributed by atoms with Crippen LogP contribution in [0, 0.1) is 0 Å². The second-order valence-corrected chi connectivity index (χ2v) is 7.10. The van der Waals surface area contributed by atoms with E-state index in [0.717, 1.165) is 48.1 Å². The molecule has 3 aromatic rings. The maximum absolute atomic E-state index is 13.1. The third-order valence-corrected chi connectivity index (χ3v) is 5.38. The average Bonchev–Trinajstić information content (AvgIpc) is 2.81. The number of benzene rings is 3. The highest BCUT2D eigenvalue weighted by Gasteiger charge is 2.31. The van der Waals surface area contributed by atoms with Crippen LogP contribution in [0.25, 0.3) is 11.1 Å². The predicted octanol–water partition coefficient (Wildman–Crippen LogP) is 5.07. The topological polar surface area (TPSA) is 46.3 Å². The SMILES string of the molecule is NN1C(=O)C(CCCCc2ccccc2)c2ccccc2-c2ccccc21. The smallest absolute Gasteiger partial charge is 0.248 e. The first kappa shape index (κ1) is 17.5. The molecule has 1 unspecified atom stereocenters. The van der Waals surface area contributed by atoms with Gasteiger partial charge in [-0.15, -0.1) is 0 Å². The highest BCUT2D eigenvalue weighted by Crippen LogP contribution is 2.41. The number of hydrogen-bond acceptors (Lipinski definition) is 2. The fourth-order valence-corrected chi connectivity index (χ4v) is 3.98. The average molecular weight is 356 g/mol. The van der Waals surface area contributed by atoms with Gasteiger partial charge in [-0.25, -0.2) is 10.9 Å². The van der Waals surface area contributed by atoms with E-state index in [1.165, 1.54) is 10.6 Å². The number of carbonyl (C=O) groups is 1. The summed E-state index contributed by atoms with van der Waals surface area (Å²) in [6.45, 7) is 0. The molecule has 0 saturated carbocycles. The lowest BCUT2D eigenvalue weighted by molar-refractivity contribution is -0.120. The van der Waals surface area contributed by atoms with Gasteiger partial charge in [0.15, 0.2) is 0 Å². The molecule has 2 N–H and O–H groups in total. The number of unbranched alkanes of at least 4 members (excludes halogenated alkanes) is 1. The molecule has 0 radical (unpaired) electrons. The molecule has 0 spiro atoms. The summed E-state index contributed by atoms with van der Waals surface area (Å²) in [5.74, 6) is 6.02. The van der Waals surface area contributed by atoms with Crippen LogP contribution in [0.3, 0.4) is 0 Å². The molecule has 1 amide bonds. The molecule has 0 saturated heterocycles. The second kappa shape index (κ2) is 7.77. The Morgan fingerprint density at radius 2 is 1.44 bits per heavy atom. The summed E-state index contributed by atoms with van der Waals surface area (Å²) < 4.78 is 0. The minimum Gasteiger partial charge on any atom is -0.272 e. The van der Waals surface area contributed by atoms with Crippen molar-refractivity contribution in [2.45, 2.75) is 31.6 Å². The van der Waals surface area contributed by atoms with Crippen molar-refractivity contribution >= 4 is 11.6 Å². The first-order valence-corrected chi connectivity index (χ1v) is 9.56. The summed E-state index contributed by atoms with van der Waals surface area (Å²) in [5, 5.41) is 1.34. The third kappa shape index (κ3) is 3.51. The second-order valence-electron chi connectivity index (χ2n) is 7.10. The van der Waals surface area contributed by atoms with Crippen LogP contribution in [0.5, 0.6) is 0 Å². The number of hydrogen-bond donors (Lipinski definition) is 1. The molecule has 0 aliphatic carbocycles. The van der Waals surface area contributed by atoms with Gasteiger partial charge in [0, 0.05) is 5.56 Å². The number of hydrazine groups is 1. The minimum atomic E-state index is -0.200. The van der Waals surface area contributed by atoms with Crippen molar-refractivity contribution in [2.75, 3.05) is 5.01 Å². The van der Waals surface area contributed by atoms with Gasteiger partial charge in [-0.2, -0.15) is 0 Å². The Balaban J connectivity index is 1.57. The van der Waals surface area contributed by atoms with E-state index in [0.29, 0.717) is 0 Å². The van der Waals surface area contributed by atoms with Crippen LogP contribution in [0.15, 0.2) is 78.9 Å². The Labute approximate surface area is 160 Å². The van der Waals surface area contributed by atoms with Crippen LogP contribution in [0.1, 0.15) is 36.3 Å². The van der Waals surface area contributed by atoms with Crippen LogP contribution in [-0.2, 0) is 11.2 Å². The quantitative estimate of drug-likeness (QED) is 0.394. The van der Waals surface area contributed by atoms with Crippen molar-refractivity contribution in [1.29, 1.82) is 0 Å². The molecule has 1 atom stereocenters. The monoisotopic (exact) mass is 356 g/mol. The van der Waals surface area contributed by atoms with Crippen molar-refractivity contribution in [3.05, 3.63) is 90.0 Å². The molecule has 4 rings (SSSR count). The highest BCUT2D eigenvalue weighted by molar-refractivity contribution is 6.04. The highest BCUT2D eigenvalue weighted by atomic mass is 16.2. The van der Waals surface area contributed by atoms with E-state index < -0.39 is 0 Å². The molecule has 136 valence electrons. The number of anilines is 1. The number of carbonyl (C=O) groups excluding carboxylic acids is 1. The Hall–Kier alpha value is -2.91. The van der Waals surface area contributed by atoms with Gasteiger partial charge >= 0.3 is 0 Å². The summed E-state index contributed by atoms with van der Waals surface area (Å²) in [4.78, 5) is 13.1. The van der Waals surface area contributed by atoms with Crippen LogP contribution in [0.4, 0.5) is 5.69 Å². The molecule has 1 aliphatic heterocycles. The van der Waals surface area contributed by atoms with Crippen LogP contribution in [-0.4, -0.2) is 5.91 Å². The molecular formula is C24H24N2O. The summed E-state index contributed by atoms with van der Waals surface area (Å²) in [7, 11) is 0. The fraction of sp³-hybridized carbons (Fsp3) is 0.208. The number of rotatable bonds is 5. The van der Waals surface area contributed by atoms with Crippen molar-refractivity contribution in [1.82, 2.24) is 0 Å². The number of fused-ring (bicyclic) bond motifs is 3. The van der Waals surface area contributed by atoms with Gasteiger partial charge in [-0.3, -0.25) is 4.79 Å². The largest absolute Gasteiger partial charge is 0.272 e. The summed E-state index contributed by atoms with van der Waals surface area (Å²) in [6, 6.07) is 26.6. The van der Waals surface area contributed by atoms with Crippen molar-refractivity contribution < 1.29 is 4.79 Å². The van der Waals surface area contributed by atoms with Crippen molar-refractivity contribution in [3.8, 4) is 11.1 Å². The molecule has 3 aromatic carbocycles. The number of nitrogens with zero attached hydrogens (tertiary/aromatic N) is 1. The lowest BCUT2D eigenvalue weighted by atomic mass is 9.87. The summed E-state index contributed by atoms with van der Waals surface area (Å²) in [5.41, 5.74) is 5.35. The van der Waals surface area contributed by atoms with E-state index in [1.807, 2.05) is 42.5 Å². The third-order valence-electron chi connectivity index (χ3n) is 5.38. The predicted molar refractivity (Wildman–Crippen MR) is 110 cm³/mol. The lowest BCUT2D eigenvalue weighted by Crippen LogP contribution is -2.40. The number of amides is 1. The first-order chi connectivity index (χ1) is 13.3. The van der Waals surface area contributed by atoms with Crippen LogP contribution in [0.2, 0.25) is 0 Å². The maximum atomic E-state index is 13.1. The molecular weight excluding hydrogens is 332 g/mol. The minimum absolute atomic E-state index is 0.0212. The number of aryl methyl sites for hydroxylation is 1. The maximum Gasteiger partial charge on any atom is 0.248 e. The molecule has 1 aliphatic rings. The Kier molecular flexibility index (Phi) is 5.03. The van der Waals surface area contributed by atoms with E-state index in [4.69, 9.17) is 5.84 Å². The number of para-hydroxylation sites is 1. The van der Waals surface area contributed by atoms with Crippen molar-refractivity contribution in [2.24, 2.45) is 5.84 Å². The molecule has 3 heteroatoms. The molecule has 27 heavy (non-hydrogen) atoms. The van der Waals surface area contributed by atoms with Crippen molar-refractivity contribution in [3.63, 3.8) is 0 Å². The van der Waals surface area contributed by atoms with E-state index in [1.54, 1.807) is 0 Å². The van der Waals surface area contributed by atoms with Gasteiger partial charge in [-0.1, -0.05) is 79.2 Å². The van der Waals surface area contributed by atoms with Gasteiger partial charge in [-0.05, 0) is 42.0 Å². The first-order valence-electron chi connectivity index (χ1n) is 9.56. The van der Waals surface area contributed by atoms with Gasteiger partial charge in [0.1, 0.15) is 0 Å². The fourth-order valence-electron chi connectivity index (χ4n) is 3.98. The van der Waals surface area contributed by atoms with E-state index in [9.17, 15) is 4.79 Å². The Bertz CT molecular complexity index is 936. The van der Waals surface area contributed by atoms with Gasteiger partial charge in [0.25, 0.3) is 0 Å². The summed E-state index contributed by atoms with van der Waals surface area (Å²) >= 11 is 0. The van der Waals surface area contributed by atoms with Crippen LogP contribution >= 0.6 is 0 Å². The van der Waals surface area contributed by atoms with Gasteiger partial charge in [0.05, 0.1) is 11.6 Å². The molecule has 0 aromatic heterocycles. The number of nitrogens with two attached hydrogens (primary N) is 1.